The third-order valence-corrected chi connectivity index (χ3v) is 4.71. The molecule has 0 amide bonds. The van der Waals surface area contributed by atoms with Gasteiger partial charge in [0.05, 0.1) is 11.3 Å². The number of hydrogen-bond acceptors (Lipinski definition) is 4. The molecule has 0 spiro atoms. The lowest BCUT2D eigenvalue weighted by atomic mass is 10.0. The molecule has 0 saturated carbocycles. The van der Waals surface area contributed by atoms with Gasteiger partial charge in [-0.2, -0.15) is 13.2 Å². The lowest BCUT2D eigenvalue weighted by Crippen LogP contribution is -2.07. The fourth-order valence-electron chi connectivity index (χ4n) is 2.96. The highest BCUT2D eigenvalue weighted by molar-refractivity contribution is 5.67. The van der Waals surface area contributed by atoms with Crippen molar-refractivity contribution in [2.24, 2.45) is 0 Å². The number of ether oxygens (including phenoxy) is 1. The molecule has 1 N–H and O–H groups in total. The van der Waals surface area contributed by atoms with Crippen LogP contribution in [0.5, 0.6) is 5.75 Å². The third kappa shape index (κ3) is 5.42. The first-order valence-electron chi connectivity index (χ1n) is 9.32. The molecule has 2 aromatic carbocycles. The third-order valence-electron chi connectivity index (χ3n) is 4.71. The van der Waals surface area contributed by atoms with Crippen molar-refractivity contribution < 1.29 is 36.6 Å². The number of hydrogen-bond donors (Lipinski definition) is 1. The second kappa shape index (κ2) is 8.79. The Labute approximate surface area is 175 Å². The van der Waals surface area contributed by atoms with E-state index in [-0.39, 0.29) is 24.5 Å². The van der Waals surface area contributed by atoms with Crippen LogP contribution in [-0.2, 0) is 24.0 Å². The summed E-state index contributed by atoms with van der Waals surface area (Å²) in [6, 6.07) is 7.76. The molecule has 1 aromatic heterocycles. The highest BCUT2D eigenvalue weighted by Gasteiger charge is 2.34. The summed E-state index contributed by atoms with van der Waals surface area (Å²) in [6.07, 6.45) is -4.42. The number of rotatable bonds is 7. The number of carbonyl (C=O) groups is 1. The molecule has 164 valence electrons. The second-order valence-electron chi connectivity index (χ2n) is 6.99. The zero-order chi connectivity index (χ0) is 22.8. The van der Waals surface area contributed by atoms with Crippen molar-refractivity contribution in [2.45, 2.75) is 39.5 Å². The van der Waals surface area contributed by atoms with Gasteiger partial charge in [0.1, 0.15) is 18.2 Å². The number of oxazole rings is 1. The highest BCUT2D eigenvalue weighted by atomic mass is 19.4. The van der Waals surface area contributed by atoms with Gasteiger partial charge < -0.3 is 14.3 Å². The summed E-state index contributed by atoms with van der Waals surface area (Å²) in [5, 5.41) is 8.86. The van der Waals surface area contributed by atoms with E-state index in [2.05, 4.69) is 4.98 Å². The van der Waals surface area contributed by atoms with Crippen molar-refractivity contribution in [1.82, 2.24) is 4.98 Å². The molecule has 5 nitrogen and oxygen atoms in total. The van der Waals surface area contributed by atoms with Gasteiger partial charge in [0.25, 0.3) is 0 Å². The first-order valence-corrected chi connectivity index (χ1v) is 9.32. The Bertz CT molecular complexity index is 1110. The zero-order valence-corrected chi connectivity index (χ0v) is 16.7. The van der Waals surface area contributed by atoms with Crippen LogP contribution in [0.4, 0.5) is 17.6 Å². The molecule has 3 aromatic rings. The number of carboxylic acids is 1. The molecule has 0 aliphatic heterocycles. The Hall–Kier alpha value is -3.36. The van der Waals surface area contributed by atoms with Gasteiger partial charge in [-0.15, -0.1) is 0 Å². The minimum atomic E-state index is -4.79. The molecule has 0 bridgehead atoms. The lowest BCUT2D eigenvalue weighted by molar-refractivity contribution is -0.140. The van der Waals surface area contributed by atoms with Crippen molar-refractivity contribution in [3.8, 4) is 17.2 Å². The van der Waals surface area contributed by atoms with E-state index in [9.17, 15) is 22.4 Å². The topological polar surface area (TPSA) is 72.6 Å². The normalized spacial score (nSPS) is 11.5. The van der Waals surface area contributed by atoms with E-state index in [0.29, 0.717) is 29.7 Å². The highest BCUT2D eigenvalue weighted by Crippen LogP contribution is 2.33. The van der Waals surface area contributed by atoms with Gasteiger partial charge in [-0.25, -0.2) is 9.37 Å². The van der Waals surface area contributed by atoms with Crippen LogP contribution in [-0.4, -0.2) is 16.1 Å². The van der Waals surface area contributed by atoms with Gasteiger partial charge in [0, 0.05) is 12.0 Å². The molecule has 0 atom stereocenters. The van der Waals surface area contributed by atoms with Gasteiger partial charge in [-0.3, -0.25) is 4.79 Å². The number of aryl methyl sites for hydroxylation is 3. The molecular formula is C22H19F4NO4. The molecule has 31 heavy (non-hydrogen) atoms. The monoisotopic (exact) mass is 437 g/mol. The molecule has 0 radical (unpaired) electrons. The maximum absolute atomic E-state index is 13.8. The molecule has 0 fully saturated rings. The average Bonchev–Trinajstić information content (AvgIpc) is 3.06. The fraction of sp³-hybridized carbons (Fsp3) is 0.273. The van der Waals surface area contributed by atoms with E-state index in [4.69, 9.17) is 14.3 Å². The summed E-state index contributed by atoms with van der Waals surface area (Å²) in [5.41, 5.74) is 0.951. The Morgan fingerprint density at radius 2 is 1.90 bits per heavy atom. The Morgan fingerprint density at radius 1 is 1.16 bits per heavy atom. The first-order chi connectivity index (χ1) is 14.5. The first kappa shape index (κ1) is 22.3. The van der Waals surface area contributed by atoms with E-state index in [1.54, 1.807) is 19.1 Å². The smallest absolute Gasteiger partial charge is 0.419 e. The summed E-state index contributed by atoms with van der Waals surface area (Å²) >= 11 is 0. The maximum atomic E-state index is 13.8. The van der Waals surface area contributed by atoms with Crippen LogP contribution in [0.2, 0.25) is 0 Å². The molecular weight excluding hydrogens is 418 g/mol. The zero-order valence-electron chi connectivity index (χ0n) is 16.7. The van der Waals surface area contributed by atoms with Crippen LogP contribution >= 0.6 is 0 Å². The van der Waals surface area contributed by atoms with Crippen molar-refractivity contribution in [2.75, 3.05) is 0 Å². The number of aromatic nitrogens is 1. The maximum Gasteiger partial charge on any atom is 0.419 e. The summed E-state index contributed by atoms with van der Waals surface area (Å²) < 4.78 is 63.3. The number of halogens is 4. The van der Waals surface area contributed by atoms with Crippen LogP contribution in [0.3, 0.4) is 0 Å². The van der Waals surface area contributed by atoms with Crippen LogP contribution < -0.4 is 4.74 Å². The summed E-state index contributed by atoms with van der Waals surface area (Å²) in [5.74, 6) is -1.48. The van der Waals surface area contributed by atoms with Crippen molar-refractivity contribution in [1.29, 1.82) is 0 Å². The van der Waals surface area contributed by atoms with Gasteiger partial charge in [-0.05, 0) is 61.7 Å². The Kier molecular flexibility index (Phi) is 6.33. The van der Waals surface area contributed by atoms with Crippen LogP contribution in [0.1, 0.15) is 34.6 Å². The SMILES string of the molecule is Cc1ccc(OCc2oc(-c3ccc(C(F)(F)F)c(F)c3)nc2C)cc1CCC(=O)O. The van der Waals surface area contributed by atoms with E-state index in [1.165, 1.54) is 0 Å². The summed E-state index contributed by atoms with van der Waals surface area (Å²) in [7, 11) is 0. The van der Waals surface area contributed by atoms with E-state index < -0.39 is 23.5 Å². The fourth-order valence-corrected chi connectivity index (χ4v) is 2.96. The van der Waals surface area contributed by atoms with Crippen LogP contribution in [0, 0.1) is 19.7 Å². The van der Waals surface area contributed by atoms with E-state index in [1.807, 2.05) is 13.0 Å². The predicted octanol–water partition coefficient (Wildman–Crippen LogP) is 5.71. The average molecular weight is 437 g/mol. The molecule has 0 aliphatic carbocycles. The van der Waals surface area contributed by atoms with E-state index in [0.717, 1.165) is 23.3 Å². The molecule has 3 rings (SSSR count). The van der Waals surface area contributed by atoms with Crippen molar-refractivity contribution in [3.05, 3.63) is 70.4 Å². The Balaban J connectivity index is 1.75. The molecule has 0 unspecified atom stereocenters. The Morgan fingerprint density at radius 3 is 2.55 bits per heavy atom. The van der Waals surface area contributed by atoms with Crippen molar-refractivity contribution in [3.63, 3.8) is 0 Å². The summed E-state index contributed by atoms with van der Waals surface area (Å²) in [6.45, 7) is 3.50. The molecule has 0 aliphatic rings. The largest absolute Gasteiger partial charge is 0.486 e. The standard InChI is InChI=1S/C22H19F4NO4/c1-12-3-6-16(9-14(12)5-8-20(28)29)30-11-19-13(2)27-21(31-19)15-4-7-17(18(23)10-15)22(24,25)26/h3-4,6-7,9-10H,5,8,11H2,1-2H3,(H,28,29). The number of benzene rings is 2. The predicted molar refractivity (Wildman–Crippen MR) is 103 cm³/mol. The number of alkyl halides is 3. The minimum absolute atomic E-state index is 0.00143. The second-order valence-corrected chi connectivity index (χ2v) is 6.99. The van der Waals surface area contributed by atoms with Crippen LogP contribution in [0.25, 0.3) is 11.5 Å². The number of aliphatic carboxylic acids is 1. The van der Waals surface area contributed by atoms with Gasteiger partial charge >= 0.3 is 12.1 Å². The quantitative estimate of drug-likeness (QED) is 0.479. The number of carboxylic acid groups (broad SMARTS) is 1. The van der Waals surface area contributed by atoms with Gasteiger partial charge in [0.15, 0.2) is 5.76 Å². The molecule has 1 heterocycles. The number of nitrogens with zero attached hydrogens (tertiary/aromatic N) is 1. The van der Waals surface area contributed by atoms with E-state index >= 15 is 0 Å². The minimum Gasteiger partial charge on any atom is -0.486 e. The van der Waals surface area contributed by atoms with Crippen molar-refractivity contribution >= 4 is 5.97 Å². The van der Waals surface area contributed by atoms with Gasteiger partial charge in [-0.1, -0.05) is 6.07 Å². The summed E-state index contributed by atoms with van der Waals surface area (Å²) in [4.78, 5) is 14.9. The molecule has 9 heteroatoms. The lowest BCUT2D eigenvalue weighted by Gasteiger charge is -2.09. The van der Waals surface area contributed by atoms with Crippen LogP contribution in [0.15, 0.2) is 40.8 Å². The molecule has 0 saturated heterocycles. The van der Waals surface area contributed by atoms with Gasteiger partial charge in [0.2, 0.25) is 5.89 Å².